The van der Waals surface area contributed by atoms with Crippen LogP contribution in [0, 0.1) is 0 Å². The summed E-state index contributed by atoms with van der Waals surface area (Å²) in [5, 5.41) is 2.62. The van der Waals surface area contributed by atoms with Crippen LogP contribution in [-0.2, 0) is 0 Å². The fourth-order valence-electron chi connectivity index (χ4n) is 2.50. The van der Waals surface area contributed by atoms with E-state index in [4.69, 9.17) is 11.6 Å². The predicted molar refractivity (Wildman–Crippen MR) is 95.2 cm³/mol. The molecular weight excluding hydrogens is 328 g/mol. The van der Waals surface area contributed by atoms with Crippen molar-refractivity contribution in [3.63, 3.8) is 0 Å². The lowest BCUT2D eigenvalue weighted by Crippen LogP contribution is -2.13. The van der Waals surface area contributed by atoms with Gasteiger partial charge in [0.15, 0.2) is 4.96 Å². The Labute approximate surface area is 141 Å². The van der Waals surface area contributed by atoms with Gasteiger partial charge in [-0.3, -0.25) is 9.20 Å². The zero-order valence-electron chi connectivity index (χ0n) is 11.9. The molecule has 0 atom stereocenters. The van der Waals surface area contributed by atoms with Crippen LogP contribution >= 0.6 is 22.9 Å². The number of rotatable bonds is 2. The summed E-state index contributed by atoms with van der Waals surface area (Å²) in [5.74, 6) is 0. The summed E-state index contributed by atoms with van der Waals surface area (Å²) < 4.78 is 1.64. The molecule has 0 saturated carbocycles. The average molecular weight is 339 g/mol. The summed E-state index contributed by atoms with van der Waals surface area (Å²) in [5.41, 5.74) is 3.32. The van der Waals surface area contributed by atoms with Crippen molar-refractivity contribution in [3.05, 3.63) is 81.4 Å². The predicted octanol–water partition coefficient (Wildman–Crippen LogP) is 4.74. The normalized spacial score (nSPS) is 11.0. The molecule has 5 heteroatoms. The SMILES string of the molecule is O=c1cc(-c2ccccc2)nc2scc(-c3ccc(Cl)cc3)n12. The van der Waals surface area contributed by atoms with Crippen molar-refractivity contribution < 1.29 is 0 Å². The molecule has 2 heterocycles. The largest absolute Gasteiger partial charge is 0.269 e. The molecule has 0 saturated heterocycles. The van der Waals surface area contributed by atoms with Gasteiger partial charge >= 0.3 is 0 Å². The minimum Gasteiger partial charge on any atom is -0.269 e. The minimum absolute atomic E-state index is 0.0833. The van der Waals surface area contributed by atoms with Gasteiger partial charge in [0.25, 0.3) is 5.56 Å². The van der Waals surface area contributed by atoms with Crippen LogP contribution in [0.25, 0.3) is 27.5 Å². The molecule has 0 aliphatic rings. The Morgan fingerprint density at radius 3 is 2.43 bits per heavy atom. The Morgan fingerprint density at radius 1 is 0.957 bits per heavy atom. The maximum Gasteiger partial charge on any atom is 0.259 e. The second-order valence-electron chi connectivity index (χ2n) is 5.09. The zero-order chi connectivity index (χ0) is 15.8. The van der Waals surface area contributed by atoms with Crippen molar-refractivity contribution in [1.29, 1.82) is 0 Å². The van der Waals surface area contributed by atoms with Gasteiger partial charge in [-0.15, -0.1) is 11.3 Å². The van der Waals surface area contributed by atoms with Gasteiger partial charge in [0, 0.05) is 22.0 Å². The molecule has 0 radical (unpaired) electrons. The smallest absolute Gasteiger partial charge is 0.259 e. The fourth-order valence-corrected chi connectivity index (χ4v) is 3.53. The molecule has 112 valence electrons. The van der Waals surface area contributed by atoms with Crippen LogP contribution in [0.5, 0.6) is 0 Å². The van der Waals surface area contributed by atoms with Crippen molar-refractivity contribution in [2.24, 2.45) is 0 Å². The van der Waals surface area contributed by atoms with Crippen molar-refractivity contribution in [3.8, 4) is 22.5 Å². The van der Waals surface area contributed by atoms with Crippen molar-refractivity contribution in [2.45, 2.75) is 0 Å². The van der Waals surface area contributed by atoms with E-state index >= 15 is 0 Å². The van der Waals surface area contributed by atoms with Crippen LogP contribution in [0.15, 0.2) is 70.8 Å². The first-order valence-corrected chi connectivity index (χ1v) is 8.31. The number of nitrogens with zero attached hydrogens (tertiary/aromatic N) is 2. The Kier molecular flexibility index (Phi) is 3.48. The molecule has 4 rings (SSSR count). The highest BCUT2D eigenvalue weighted by molar-refractivity contribution is 7.15. The number of hydrogen-bond donors (Lipinski definition) is 0. The van der Waals surface area contributed by atoms with Gasteiger partial charge in [0.05, 0.1) is 11.4 Å². The van der Waals surface area contributed by atoms with Gasteiger partial charge in [-0.2, -0.15) is 0 Å². The quantitative estimate of drug-likeness (QED) is 0.529. The van der Waals surface area contributed by atoms with Crippen molar-refractivity contribution in [2.75, 3.05) is 0 Å². The molecule has 0 aliphatic heterocycles. The Hall–Kier alpha value is -2.43. The van der Waals surface area contributed by atoms with Gasteiger partial charge in [0.2, 0.25) is 0 Å². The lowest BCUT2D eigenvalue weighted by Gasteiger charge is -2.04. The molecule has 3 nitrogen and oxygen atoms in total. The van der Waals surface area contributed by atoms with E-state index < -0.39 is 0 Å². The zero-order valence-corrected chi connectivity index (χ0v) is 13.5. The third-order valence-corrected chi connectivity index (χ3v) is 4.69. The summed E-state index contributed by atoms with van der Waals surface area (Å²) in [6, 6.07) is 18.7. The topological polar surface area (TPSA) is 34.4 Å². The first-order valence-electron chi connectivity index (χ1n) is 7.05. The summed E-state index contributed by atoms with van der Waals surface area (Å²) >= 11 is 7.39. The van der Waals surface area contributed by atoms with E-state index in [-0.39, 0.29) is 5.56 Å². The molecule has 23 heavy (non-hydrogen) atoms. The monoisotopic (exact) mass is 338 g/mol. The molecule has 2 aromatic heterocycles. The average Bonchev–Trinajstić information content (AvgIpc) is 3.01. The van der Waals surface area contributed by atoms with Crippen molar-refractivity contribution in [1.82, 2.24) is 9.38 Å². The fraction of sp³-hybridized carbons (Fsp3) is 0. The van der Waals surface area contributed by atoms with Crippen molar-refractivity contribution >= 4 is 27.9 Å². The molecule has 0 unspecified atom stereocenters. The first-order chi connectivity index (χ1) is 11.2. The highest BCUT2D eigenvalue weighted by Gasteiger charge is 2.11. The van der Waals surface area contributed by atoms with Gasteiger partial charge in [0.1, 0.15) is 0 Å². The second-order valence-corrected chi connectivity index (χ2v) is 6.36. The van der Waals surface area contributed by atoms with Gasteiger partial charge in [-0.05, 0) is 17.7 Å². The van der Waals surface area contributed by atoms with Gasteiger partial charge in [-0.25, -0.2) is 4.98 Å². The van der Waals surface area contributed by atoms with Gasteiger partial charge in [-0.1, -0.05) is 54.1 Å². The Morgan fingerprint density at radius 2 is 1.70 bits per heavy atom. The molecule has 0 fully saturated rings. The number of hydrogen-bond acceptors (Lipinski definition) is 3. The lowest BCUT2D eigenvalue weighted by atomic mass is 10.1. The number of fused-ring (bicyclic) bond motifs is 1. The molecule has 4 aromatic rings. The molecule has 0 spiro atoms. The molecule has 0 amide bonds. The number of aromatic nitrogens is 2. The third kappa shape index (κ3) is 2.56. The maximum absolute atomic E-state index is 12.6. The highest BCUT2D eigenvalue weighted by atomic mass is 35.5. The molecular formula is C18H11ClN2OS. The number of halogens is 1. The van der Waals surface area contributed by atoms with Crippen LogP contribution in [0.2, 0.25) is 5.02 Å². The minimum atomic E-state index is -0.0833. The van der Waals surface area contributed by atoms with E-state index in [0.717, 1.165) is 16.8 Å². The Bertz CT molecular complexity index is 1040. The van der Waals surface area contributed by atoms with Crippen LogP contribution in [0.4, 0.5) is 0 Å². The van der Waals surface area contributed by atoms with E-state index in [1.54, 1.807) is 10.5 Å². The maximum atomic E-state index is 12.6. The summed E-state index contributed by atoms with van der Waals surface area (Å²) in [7, 11) is 0. The van der Waals surface area contributed by atoms with E-state index in [1.807, 2.05) is 60.0 Å². The molecule has 0 bridgehead atoms. The highest BCUT2D eigenvalue weighted by Crippen LogP contribution is 2.26. The van der Waals surface area contributed by atoms with E-state index in [0.29, 0.717) is 15.7 Å². The standard InChI is InChI=1S/C18H11ClN2OS/c19-14-8-6-13(7-9-14)16-11-23-18-20-15(10-17(22)21(16)18)12-4-2-1-3-5-12/h1-11H. The second kappa shape index (κ2) is 5.65. The summed E-state index contributed by atoms with van der Waals surface area (Å²) in [6.07, 6.45) is 0. The van der Waals surface area contributed by atoms with E-state index in [2.05, 4.69) is 4.98 Å². The third-order valence-electron chi connectivity index (χ3n) is 3.61. The molecule has 2 aromatic carbocycles. The number of thiazole rings is 1. The van der Waals surface area contributed by atoms with Crippen LogP contribution in [-0.4, -0.2) is 9.38 Å². The van der Waals surface area contributed by atoms with Crippen LogP contribution < -0.4 is 5.56 Å². The van der Waals surface area contributed by atoms with E-state index in [1.165, 1.54) is 11.3 Å². The lowest BCUT2D eigenvalue weighted by molar-refractivity contribution is 1.09. The van der Waals surface area contributed by atoms with Crippen LogP contribution in [0.3, 0.4) is 0 Å². The van der Waals surface area contributed by atoms with Crippen LogP contribution in [0.1, 0.15) is 0 Å². The van der Waals surface area contributed by atoms with E-state index in [9.17, 15) is 4.79 Å². The summed E-state index contributed by atoms with van der Waals surface area (Å²) in [4.78, 5) is 17.9. The van der Waals surface area contributed by atoms with Gasteiger partial charge < -0.3 is 0 Å². The first kappa shape index (κ1) is 14.2. The Balaban J connectivity index is 1.91. The number of benzene rings is 2. The summed E-state index contributed by atoms with van der Waals surface area (Å²) in [6.45, 7) is 0. The molecule has 0 aliphatic carbocycles. The molecule has 0 N–H and O–H groups in total.